The Bertz CT molecular complexity index is 463. The van der Waals surface area contributed by atoms with Gasteiger partial charge >= 0.3 is 0 Å². The Labute approximate surface area is 119 Å². The zero-order valence-electron chi connectivity index (χ0n) is 9.93. The lowest BCUT2D eigenvalue weighted by atomic mass is 10.0. The first-order valence-electron chi connectivity index (χ1n) is 5.58. The summed E-state index contributed by atoms with van der Waals surface area (Å²) in [5.74, 6) is -0.175. The summed E-state index contributed by atoms with van der Waals surface area (Å²) in [6.07, 6.45) is 0. The molecule has 0 aliphatic carbocycles. The first-order chi connectivity index (χ1) is 8.48. The molecule has 0 atom stereocenters. The number of nitrogens with one attached hydrogen (secondary N) is 2. The summed E-state index contributed by atoms with van der Waals surface area (Å²) in [4.78, 5) is 11.7. The Hall–Kier alpha value is -0.620. The van der Waals surface area contributed by atoms with Crippen LogP contribution < -0.4 is 10.6 Å². The Morgan fingerprint density at radius 2 is 2.33 bits per heavy atom. The minimum absolute atomic E-state index is 0.0489. The lowest BCUT2D eigenvalue weighted by Gasteiger charge is -2.38. The van der Waals surface area contributed by atoms with Gasteiger partial charge in [-0.25, -0.2) is 0 Å². The van der Waals surface area contributed by atoms with E-state index >= 15 is 0 Å². The normalized spacial score (nSPS) is 17.1. The topological polar surface area (TPSA) is 50.4 Å². The average molecular weight is 334 g/mol. The number of hydrogen-bond acceptors (Lipinski definition) is 3. The van der Waals surface area contributed by atoms with Crippen molar-refractivity contribution in [2.75, 3.05) is 25.0 Å². The molecule has 1 aliphatic rings. The standard InChI is InChI=1S/C12H14BrClN2O2/c1-12(6-15-7-12)18-5-11(17)16-10-3-2-8(14)4-9(10)13/h2-4,15H,5-7H2,1H3,(H,16,17). The van der Waals surface area contributed by atoms with Crippen molar-refractivity contribution in [2.45, 2.75) is 12.5 Å². The lowest BCUT2D eigenvalue weighted by Crippen LogP contribution is -2.59. The third-order valence-corrected chi connectivity index (χ3v) is 3.65. The third kappa shape index (κ3) is 3.45. The first-order valence-corrected chi connectivity index (χ1v) is 6.75. The molecule has 6 heteroatoms. The number of carbonyl (C=O) groups excluding carboxylic acids is 1. The molecular weight excluding hydrogens is 320 g/mol. The summed E-state index contributed by atoms with van der Waals surface area (Å²) < 4.78 is 6.30. The van der Waals surface area contributed by atoms with Crippen LogP contribution in [0.25, 0.3) is 0 Å². The largest absolute Gasteiger partial charge is 0.363 e. The monoisotopic (exact) mass is 332 g/mol. The van der Waals surface area contributed by atoms with E-state index in [4.69, 9.17) is 16.3 Å². The number of hydrogen-bond donors (Lipinski definition) is 2. The van der Waals surface area contributed by atoms with Crippen LogP contribution in [0.5, 0.6) is 0 Å². The van der Waals surface area contributed by atoms with E-state index in [-0.39, 0.29) is 18.1 Å². The van der Waals surface area contributed by atoms with Crippen LogP contribution in [0.15, 0.2) is 22.7 Å². The van der Waals surface area contributed by atoms with Crippen LogP contribution in [-0.2, 0) is 9.53 Å². The van der Waals surface area contributed by atoms with Crippen molar-refractivity contribution in [2.24, 2.45) is 0 Å². The predicted octanol–water partition coefficient (Wildman–Crippen LogP) is 2.42. The predicted molar refractivity (Wildman–Crippen MR) is 75.0 cm³/mol. The highest BCUT2D eigenvalue weighted by molar-refractivity contribution is 9.10. The highest BCUT2D eigenvalue weighted by Crippen LogP contribution is 2.26. The maximum Gasteiger partial charge on any atom is 0.250 e. The van der Waals surface area contributed by atoms with Crippen LogP contribution >= 0.6 is 27.5 Å². The van der Waals surface area contributed by atoms with E-state index in [0.29, 0.717) is 10.7 Å². The molecule has 1 amide bonds. The van der Waals surface area contributed by atoms with E-state index in [1.807, 2.05) is 6.92 Å². The number of benzene rings is 1. The Kier molecular flexibility index (Phi) is 4.27. The van der Waals surface area contributed by atoms with Gasteiger partial charge < -0.3 is 15.4 Å². The summed E-state index contributed by atoms with van der Waals surface area (Å²) in [5, 5.41) is 6.49. The molecule has 0 spiro atoms. The summed E-state index contributed by atoms with van der Waals surface area (Å²) in [6.45, 7) is 3.60. The molecule has 0 unspecified atom stereocenters. The maximum absolute atomic E-state index is 11.7. The second kappa shape index (κ2) is 5.57. The highest BCUT2D eigenvalue weighted by Gasteiger charge is 2.33. The van der Waals surface area contributed by atoms with Gasteiger partial charge in [0, 0.05) is 22.6 Å². The summed E-state index contributed by atoms with van der Waals surface area (Å²) in [5.41, 5.74) is 0.471. The maximum atomic E-state index is 11.7. The quantitative estimate of drug-likeness (QED) is 0.890. The van der Waals surface area contributed by atoms with Crippen molar-refractivity contribution in [1.29, 1.82) is 0 Å². The van der Waals surface area contributed by atoms with Crippen molar-refractivity contribution in [3.8, 4) is 0 Å². The van der Waals surface area contributed by atoms with Crippen LogP contribution in [0, 0.1) is 0 Å². The minimum Gasteiger partial charge on any atom is -0.363 e. The molecule has 1 aromatic rings. The van der Waals surface area contributed by atoms with Gasteiger partial charge in [0.15, 0.2) is 0 Å². The Morgan fingerprint density at radius 1 is 1.61 bits per heavy atom. The fraction of sp³-hybridized carbons (Fsp3) is 0.417. The summed E-state index contributed by atoms with van der Waals surface area (Å²) >= 11 is 9.17. The average Bonchev–Trinajstić information content (AvgIpc) is 2.28. The van der Waals surface area contributed by atoms with Gasteiger partial charge in [0.25, 0.3) is 0 Å². The lowest BCUT2D eigenvalue weighted by molar-refractivity contribution is -0.130. The number of anilines is 1. The molecule has 0 aromatic heterocycles. The summed E-state index contributed by atoms with van der Waals surface area (Å²) in [6, 6.07) is 5.20. The Balaban J connectivity index is 1.87. The molecular formula is C12H14BrClN2O2. The molecule has 2 N–H and O–H groups in total. The number of carbonyl (C=O) groups is 1. The molecule has 1 aromatic carbocycles. The first kappa shape index (κ1) is 13.8. The second-order valence-corrected chi connectivity index (χ2v) is 5.81. The Morgan fingerprint density at radius 3 is 2.89 bits per heavy atom. The molecule has 1 heterocycles. The molecule has 1 fully saturated rings. The van der Waals surface area contributed by atoms with Crippen molar-refractivity contribution in [3.05, 3.63) is 27.7 Å². The van der Waals surface area contributed by atoms with Crippen LogP contribution in [-0.4, -0.2) is 31.2 Å². The zero-order valence-corrected chi connectivity index (χ0v) is 12.3. The van der Waals surface area contributed by atoms with E-state index in [2.05, 4.69) is 26.6 Å². The number of amides is 1. The summed E-state index contributed by atoms with van der Waals surface area (Å²) in [7, 11) is 0. The molecule has 1 saturated heterocycles. The molecule has 98 valence electrons. The van der Waals surface area contributed by atoms with Crippen LogP contribution in [0.1, 0.15) is 6.92 Å². The molecule has 0 bridgehead atoms. The minimum atomic E-state index is -0.214. The molecule has 18 heavy (non-hydrogen) atoms. The highest BCUT2D eigenvalue weighted by atomic mass is 79.9. The smallest absolute Gasteiger partial charge is 0.250 e. The van der Waals surface area contributed by atoms with Crippen LogP contribution in [0.2, 0.25) is 5.02 Å². The van der Waals surface area contributed by atoms with E-state index in [1.54, 1.807) is 18.2 Å². The third-order valence-electron chi connectivity index (χ3n) is 2.75. The molecule has 4 nitrogen and oxygen atoms in total. The van der Waals surface area contributed by atoms with Gasteiger partial charge in [-0.1, -0.05) is 11.6 Å². The second-order valence-electron chi connectivity index (χ2n) is 4.51. The fourth-order valence-electron chi connectivity index (χ4n) is 1.60. The molecule has 0 radical (unpaired) electrons. The van der Waals surface area contributed by atoms with Crippen molar-refractivity contribution < 1.29 is 9.53 Å². The van der Waals surface area contributed by atoms with Crippen molar-refractivity contribution in [3.63, 3.8) is 0 Å². The van der Waals surface area contributed by atoms with Gasteiger partial charge in [0.2, 0.25) is 5.91 Å². The number of halogens is 2. The van der Waals surface area contributed by atoms with Crippen LogP contribution in [0.3, 0.4) is 0 Å². The van der Waals surface area contributed by atoms with Crippen molar-refractivity contribution >= 4 is 39.1 Å². The number of ether oxygens (including phenoxy) is 1. The van der Waals surface area contributed by atoms with Gasteiger partial charge in [0.1, 0.15) is 6.61 Å². The van der Waals surface area contributed by atoms with Gasteiger partial charge in [-0.05, 0) is 41.1 Å². The molecule has 0 saturated carbocycles. The number of rotatable bonds is 4. The van der Waals surface area contributed by atoms with Crippen molar-refractivity contribution in [1.82, 2.24) is 5.32 Å². The fourth-order valence-corrected chi connectivity index (χ4v) is 2.38. The van der Waals surface area contributed by atoms with Gasteiger partial charge in [-0.15, -0.1) is 0 Å². The van der Waals surface area contributed by atoms with Gasteiger partial charge in [-0.3, -0.25) is 4.79 Å². The van der Waals surface area contributed by atoms with E-state index < -0.39 is 0 Å². The SMILES string of the molecule is CC1(OCC(=O)Nc2ccc(Cl)cc2Br)CNC1. The van der Waals surface area contributed by atoms with Gasteiger partial charge in [0.05, 0.1) is 11.3 Å². The van der Waals surface area contributed by atoms with E-state index in [1.165, 1.54) is 0 Å². The zero-order chi connectivity index (χ0) is 13.2. The van der Waals surface area contributed by atoms with Gasteiger partial charge in [-0.2, -0.15) is 0 Å². The molecule has 2 rings (SSSR count). The molecule has 1 aliphatic heterocycles. The van der Waals surface area contributed by atoms with E-state index in [9.17, 15) is 4.79 Å². The van der Waals surface area contributed by atoms with Crippen LogP contribution in [0.4, 0.5) is 5.69 Å². The van der Waals surface area contributed by atoms with E-state index in [0.717, 1.165) is 17.6 Å².